The third-order valence-corrected chi connectivity index (χ3v) is 7.91. The fourth-order valence-corrected chi connectivity index (χ4v) is 6.45. The van der Waals surface area contributed by atoms with Gasteiger partial charge in [0.25, 0.3) is 0 Å². The van der Waals surface area contributed by atoms with Crippen molar-refractivity contribution in [1.82, 2.24) is 4.40 Å². The van der Waals surface area contributed by atoms with Crippen molar-refractivity contribution >= 4 is 49.0 Å². The molecule has 36 heavy (non-hydrogen) atoms. The Labute approximate surface area is 214 Å². The highest BCUT2D eigenvalue weighted by molar-refractivity contribution is 6.26. The maximum Gasteiger partial charge on any atom is 0.224 e. The summed E-state index contributed by atoms with van der Waals surface area (Å²) < 4.78 is 4.98. The maximum absolute atomic E-state index is 2.63. The number of aromatic nitrogens is 2. The zero-order valence-corrected chi connectivity index (χ0v) is 23.4. The summed E-state index contributed by atoms with van der Waals surface area (Å²) in [4.78, 5) is 0. The minimum Gasteiger partial charge on any atom is -0.307 e. The smallest absolute Gasteiger partial charge is 0.224 e. The van der Waals surface area contributed by atoms with Crippen molar-refractivity contribution in [1.29, 1.82) is 0 Å². The second-order valence-corrected chi connectivity index (χ2v) is 13.6. The van der Waals surface area contributed by atoms with Crippen molar-refractivity contribution in [3.8, 4) is 0 Å². The number of rotatable bonds is 2. The van der Waals surface area contributed by atoms with Crippen LogP contribution in [0.5, 0.6) is 0 Å². The van der Waals surface area contributed by atoms with Crippen molar-refractivity contribution in [2.75, 3.05) is 0 Å². The minimum atomic E-state index is 0.199. The Morgan fingerprint density at radius 1 is 0.750 bits per heavy atom. The highest BCUT2D eigenvalue weighted by Gasteiger charge is 2.27. The molecule has 0 spiro atoms. The monoisotopic (exact) mass is 475 g/mol. The molecule has 0 aliphatic carbocycles. The van der Waals surface area contributed by atoms with Crippen LogP contribution in [0.3, 0.4) is 0 Å². The first kappa shape index (κ1) is 23.3. The van der Waals surface area contributed by atoms with Crippen molar-refractivity contribution in [2.24, 2.45) is 17.9 Å². The van der Waals surface area contributed by atoms with Gasteiger partial charge in [0.2, 0.25) is 5.52 Å². The molecule has 0 saturated carbocycles. The maximum atomic E-state index is 2.63. The summed E-state index contributed by atoms with van der Waals surface area (Å²) in [5.41, 5.74) is 11.5. The summed E-state index contributed by atoms with van der Waals surface area (Å²) in [5, 5.41) is 6.85. The summed E-state index contributed by atoms with van der Waals surface area (Å²) in [7, 11) is 2.21. The molecule has 6 rings (SSSR count). The van der Waals surface area contributed by atoms with Crippen LogP contribution >= 0.6 is 0 Å². The quantitative estimate of drug-likeness (QED) is 0.135. The van der Waals surface area contributed by atoms with Crippen LogP contribution < -0.4 is 4.57 Å². The van der Waals surface area contributed by atoms with Gasteiger partial charge in [-0.3, -0.25) is 0 Å². The van der Waals surface area contributed by atoms with Gasteiger partial charge >= 0.3 is 0 Å². The first-order chi connectivity index (χ1) is 16.8. The van der Waals surface area contributed by atoms with E-state index >= 15 is 0 Å². The number of hydrogen-bond acceptors (Lipinski definition) is 0. The van der Waals surface area contributed by atoms with E-state index in [0.717, 1.165) is 12.8 Å². The molecule has 3 aromatic carbocycles. The highest BCUT2D eigenvalue weighted by Crippen LogP contribution is 2.43. The third kappa shape index (κ3) is 3.41. The van der Waals surface area contributed by atoms with Crippen LogP contribution in [0.4, 0.5) is 0 Å². The Balaban J connectivity index is 1.94. The molecule has 0 saturated heterocycles. The average molecular weight is 476 g/mol. The Bertz CT molecular complexity index is 1820. The lowest BCUT2D eigenvalue weighted by molar-refractivity contribution is -0.643. The van der Waals surface area contributed by atoms with Crippen molar-refractivity contribution in [3.63, 3.8) is 0 Å². The lowest BCUT2D eigenvalue weighted by atomic mass is 9.86. The normalized spacial score (nSPS) is 13.4. The van der Waals surface area contributed by atoms with Gasteiger partial charge in [-0.05, 0) is 77.3 Å². The molecule has 0 fully saturated rings. The predicted molar refractivity (Wildman–Crippen MR) is 156 cm³/mol. The second kappa shape index (κ2) is 7.44. The van der Waals surface area contributed by atoms with Gasteiger partial charge in [-0.15, -0.1) is 0 Å². The van der Waals surface area contributed by atoms with Gasteiger partial charge in [-0.2, -0.15) is 0 Å². The molecule has 0 radical (unpaired) electrons. The van der Waals surface area contributed by atoms with Crippen molar-refractivity contribution in [2.45, 2.75) is 68.2 Å². The number of pyridine rings is 2. The van der Waals surface area contributed by atoms with E-state index in [1.807, 2.05) is 0 Å². The van der Waals surface area contributed by atoms with Gasteiger partial charge in [-0.1, -0.05) is 65.8 Å². The topological polar surface area (TPSA) is 8.29 Å². The zero-order chi connectivity index (χ0) is 25.7. The molecule has 2 heteroatoms. The largest absolute Gasteiger partial charge is 0.307 e. The molecule has 0 bridgehead atoms. The summed E-state index contributed by atoms with van der Waals surface area (Å²) in [5.74, 6) is 0. The second-order valence-electron chi connectivity index (χ2n) is 13.6. The molecule has 0 aliphatic heterocycles. The molecule has 0 atom stereocenters. The van der Waals surface area contributed by atoms with Gasteiger partial charge in [0, 0.05) is 16.8 Å². The van der Waals surface area contributed by atoms with E-state index in [0.29, 0.717) is 0 Å². The lowest BCUT2D eigenvalue weighted by Crippen LogP contribution is -2.29. The zero-order valence-electron chi connectivity index (χ0n) is 23.4. The molecule has 0 amide bonds. The fourth-order valence-electron chi connectivity index (χ4n) is 6.45. The number of nitrogens with zero attached hydrogens (tertiary/aromatic N) is 2. The number of benzene rings is 3. The molecule has 2 nitrogen and oxygen atoms in total. The van der Waals surface area contributed by atoms with Crippen LogP contribution in [-0.4, -0.2) is 4.40 Å². The van der Waals surface area contributed by atoms with E-state index in [9.17, 15) is 0 Å². The number of aryl methyl sites for hydroxylation is 3. The molecule has 6 aromatic rings. The standard InChI is InChI=1S/C34H39N2/c1-20-16-26-25-13-10-22(18-33(3,4)5)17-27(25)36-30-24(19-34(6,7)8)12-11-23-14-15-35(9)32(29(23)30)28(21(20)2)31(26)36/h10-17H,18-19H2,1-9H3/q+1. The van der Waals surface area contributed by atoms with Gasteiger partial charge in [0.05, 0.1) is 27.3 Å². The van der Waals surface area contributed by atoms with Gasteiger partial charge in [0.1, 0.15) is 7.05 Å². The molecule has 3 heterocycles. The summed E-state index contributed by atoms with van der Waals surface area (Å²) in [6.07, 6.45) is 4.34. The molecule has 0 unspecified atom stereocenters. The van der Waals surface area contributed by atoms with E-state index in [2.05, 4.69) is 120 Å². The van der Waals surface area contributed by atoms with E-state index in [4.69, 9.17) is 0 Å². The van der Waals surface area contributed by atoms with Crippen LogP contribution in [0.15, 0.2) is 48.7 Å². The first-order valence-electron chi connectivity index (χ1n) is 13.4. The molecule has 3 aromatic heterocycles. The van der Waals surface area contributed by atoms with Crippen molar-refractivity contribution in [3.05, 3.63) is 70.9 Å². The van der Waals surface area contributed by atoms with Gasteiger partial charge in [0.15, 0.2) is 6.20 Å². The third-order valence-electron chi connectivity index (χ3n) is 7.91. The predicted octanol–water partition coefficient (Wildman–Crippen LogP) is 8.61. The van der Waals surface area contributed by atoms with Crippen LogP contribution in [0.25, 0.3) is 49.0 Å². The van der Waals surface area contributed by atoms with E-state index < -0.39 is 0 Å². The highest BCUT2D eigenvalue weighted by atomic mass is 15.0. The van der Waals surface area contributed by atoms with Crippen LogP contribution in [0.2, 0.25) is 0 Å². The summed E-state index contributed by atoms with van der Waals surface area (Å²) >= 11 is 0. The summed E-state index contributed by atoms with van der Waals surface area (Å²) in [6.45, 7) is 18.6. The van der Waals surface area contributed by atoms with E-state index in [1.165, 1.54) is 71.3 Å². The molecule has 184 valence electrons. The Morgan fingerprint density at radius 3 is 2.17 bits per heavy atom. The van der Waals surface area contributed by atoms with Crippen LogP contribution in [0, 0.1) is 24.7 Å². The lowest BCUT2D eigenvalue weighted by Gasteiger charge is -2.22. The Hall–Kier alpha value is -3.13. The SMILES string of the molecule is Cc1cc2c3ccc(CC(C)(C)C)cc3n3c4c(CC(C)(C)C)ccc5cc[n+](C)c(c(c1C)c23)c54. The van der Waals surface area contributed by atoms with Crippen LogP contribution in [0.1, 0.15) is 63.8 Å². The van der Waals surface area contributed by atoms with Crippen molar-refractivity contribution < 1.29 is 4.57 Å². The molecular weight excluding hydrogens is 436 g/mol. The molecule has 0 aliphatic rings. The van der Waals surface area contributed by atoms with E-state index in [-0.39, 0.29) is 10.8 Å². The Kier molecular flexibility index (Phi) is 4.81. The average Bonchev–Trinajstić information content (AvgIpc) is 3.07. The first-order valence-corrected chi connectivity index (χ1v) is 13.4. The van der Waals surface area contributed by atoms with Gasteiger partial charge in [-0.25, -0.2) is 4.57 Å². The molecule has 0 N–H and O–H groups in total. The summed E-state index contributed by atoms with van der Waals surface area (Å²) in [6, 6.07) is 16.6. The van der Waals surface area contributed by atoms with Gasteiger partial charge < -0.3 is 4.40 Å². The molecular formula is C34H39N2+. The van der Waals surface area contributed by atoms with E-state index in [1.54, 1.807) is 0 Å². The number of hydrogen-bond donors (Lipinski definition) is 0. The number of fused-ring (bicyclic) bond motifs is 5. The minimum absolute atomic E-state index is 0.199. The Morgan fingerprint density at radius 2 is 1.47 bits per heavy atom. The fraction of sp³-hybridized carbons (Fsp3) is 0.382. The van der Waals surface area contributed by atoms with Crippen LogP contribution in [-0.2, 0) is 19.9 Å².